The first-order chi connectivity index (χ1) is 10.6. The first-order valence-corrected chi connectivity index (χ1v) is 7.01. The van der Waals surface area contributed by atoms with Gasteiger partial charge in [0.25, 0.3) is 0 Å². The lowest BCUT2D eigenvalue weighted by Gasteiger charge is -2.12. The van der Waals surface area contributed by atoms with E-state index in [0.717, 1.165) is 5.56 Å². The van der Waals surface area contributed by atoms with Crippen molar-refractivity contribution < 1.29 is 14.3 Å². The Balaban J connectivity index is 1.97. The number of methoxy groups -OCH3 is 2. The first-order valence-electron chi connectivity index (χ1n) is 6.63. The number of rotatable bonds is 5. The van der Waals surface area contributed by atoms with Crippen molar-refractivity contribution in [2.75, 3.05) is 19.5 Å². The van der Waals surface area contributed by atoms with Crippen LogP contribution in [0.2, 0.25) is 5.02 Å². The molecule has 0 fully saturated rings. The molecule has 2 aromatic rings. The van der Waals surface area contributed by atoms with Crippen molar-refractivity contribution in [1.82, 2.24) is 5.32 Å². The molecule has 2 amide bonds. The number of benzene rings is 2. The second-order valence-corrected chi connectivity index (χ2v) is 4.94. The Morgan fingerprint density at radius 2 is 1.95 bits per heavy atom. The van der Waals surface area contributed by atoms with Crippen LogP contribution in [-0.2, 0) is 6.54 Å². The third-order valence-electron chi connectivity index (χ3n) is 3.00. The lowest BCUT2D eigenvalue weighted by atomic mass is 10.2. The SMILES string of the molecule is COc1ccc(NC(=O)NCc2cccc(Cl)c2)c(OC)c1. The maximum Gasteiger partial charge on any atom is 0.319 e. The molecule has 116 valence electrons. The third kappa shape index (κ3) is 4.30. The van der Waals surface area contributed by atoms with Gasteiger partial charge in [0.2, 0.25) is 0 Å². The van der Waals surface area contributed by atoms with E-state index in [-0.39, 0.29) is 6.03 Å². The minimum absolute atomic E-state index is 0.330. The Bertz CT molecular complexity index is 662. The highest BCUT2D eigenvalue weighted by Gasteiger charge is 2.08. The van der Waals surface area contributed by atoms with Crippen molar-refractivity contribution in [2.24, 2.45) is 0 Å². The van der Waals surface area contributed by atoms with E-state index in [1.54, 1.807) is 37.4 Å². The maximum atomic E-state index is 12.0. The van der Waals surface area contributed by atoms with Gasteiger partial charge in [-0.1, -0.05) is 23.7 Å². The quantitative estimate of drug-likeness (QED) is 0.883. The molecular weight excluding hydrogens is 304 g/mol. The second-order valence-electron chi connectivity index (χ2n) is 4.50. The molecule has 0 unspecified atom stereocenters. The molecule has 22 heavy (non-hydrogen) atoms. The molecule has 0 bridgehead atoms. The van der Waals surface area contributed by atoms with Crippen molar-refractivity contribution in [3.05, 3.63) is 53.1 Å². The van der Waals surface area contributed by atoms with Crippen molar-refractivity contribution in [3.63, 3.8) is 0 Å². The van der Waals surface area contributed by atoms with Crippen LogP contribution >= 0.6 is 11.6 Å². The smallest absolute Gasteiger partial charge is 0.319 e. The van der Waals surface area contributed by atoms with E-state index < -0.39 is 0 Å². The van der Waals surface area contributed by atoms with Crippen LogP contribution in [0.1, 0.15) is 5.56 Å². The van der Waals surface area contributed by atoms with Gasteiger partial charge in [0.15, 0.2) is 0 Å². The predicted octanol–water partition coefficient (Wildman–Crippen LogP) is 3.68. The normalized spacial score (nSPS) is 9.95. The molecule has 0 aliphatic rings. The minimum Gasteiger partial charge on any atom is -0.497 e. The number of anilines is 1. The number of amides is 2. The highest BCUT2D eigenvalue weighted by Crippen LogP contribution is 2.28. The van der Waals surface area contributed by atoms with E-state index >= 15 is 0 Å². The van der Waals surface area contributed by atoms with Crippen LogP contribution in [0.4, 0.5) is 10.5 Å². The van der Waals surface area contributed by atoms with Crippen molar-refractivity contribution in [2.45, 2.75) is 6.54 Å². The molecule has 2 rings (SSSR count). The van der Waals surface area contributed by atoms with Crippen LogP contribution in [0.15, 0.2) is 42.5 Å². The number of hydrogen-bond donors (Lipinski definition) is 2. The van der Waals surface area contributed by atoms with Crippen LogP contribution < -0.4 is 20.1 Å². The Morgan fingerprint density at radius 1 is 1.14 bits per heavy atom. The Morgan fingerprint density at radius 3 is 2.64 bits per heavy atom. The highest BCUT2D eigenvalue weighted by atomic mass is 35.5. The molecule has 0 radical (unpaired) electrons. The van der Waals surface area contributed by atoms with Gasteiger partial charge in [-0.3, -0.25) is 0 Å². The van der Waals surface area contributed by atoms with E-state index in [0.29, 0.717) is 28.8 Å². The van der Waals surface area contributed by atoms with Gasteiger partial charge in [-0.05, 0) is 29.8 Å². The topological polar surface area (TPSA) is 59.6 Å². The molecule has 2 aromatic carbocycles. The van der Waals surface area contributed by atoms with E-state index in [1.165, 1.54) is 7.11 Å². The van der Waals surface area contributed by atoms with Crippen LogP contribution in [0, 0.1) is 0 Å². The fourth-order valence-electron chi connectivity index (χ4n) is 1.90. The zero-order chi connectivity index (χ0) is 15.9. The predicted molar refractivity (Wildman–Crippen MR) is 86.9 cm³/mol. The minimum atomic E-state index is -0.330. The van der Waals surface area contributed by atoms with E-state index in [4.69, 9.17) is 21.1 Å². The lowest BCUT2D eigenvalue weighted by Crippen LogP contribution is -2.28. The molecule has 0 aromatic heterocycles. The van der Waals surface area contributed by atoms with Gasteiger partial charge in [0, 0.05) is 17.6 Å². The summed E-state index contributed by atoms with van der Waals surface area (Å²) in [6, 6.07) is 12.1. The first kappa shape index (κ1) is 16.0. The largest absolute Gasteiger partial charge is 0.497 e. The van der Waals surface area contributed by atoms with Crippen LogP contribution in [-0.4, -0.2) is 20.3 Å². The zero-order valence-electron chi connectivity index (χ0n) is 12.4. The fourth-order valence-corrected chi connectivity index (χ4v) is 2.11. The second kappa shape index (κ2) is 7.56. The molecule has 5 nitrogen and oxygen atoms in total. The molecule has 0 saturated carbocycles. The van der Waals surface area contributed by atoms with Crippen LogP contribution in [0.3, 0.4) is 0 Å². The average molecular weight is 321 g/mol. The summed E-state index contributed by atoms with van der Waals surface area (Å²) in [5.74, 6) is 1.18. The Kier molecular flexibility index (Phi) is 5.49. The summed E-state index contributed by atoms with van der Waals surface area (Å²) in [6.45, 7) is 0.380. The molecular formula is C16H17ClN2O3. The average Bonchev–Trinajstić information content (AvgIpc) is 2.53. The number of halogens is 1. The maximum absolute atomic E-state index is 12.0. The molecule has 0 aliphatic heterocycles. The zero-order valence-corrected chi connectivity index (χ0v) is 13.1. The molecule has 0 aliphatic carbocycles. The molecule has 6 heteroatoms. The summed E-state index contributed by atoms with van der Waals surface area (Å²) in [7, 11) is 3.10. The van der Waals surface area contributed by atoms with Gasteiger partial charge < -0.3 is 20.1 Å². The molecule has 0 spiro atoms. The summed E-state index contributed by atoms with van der Waals surface area (Å²) in [5.41, 5.74) is 1.48. The van der Waals surface area contributed by atoms with E-state index in [1.807, 2.05) is 12.1 Å². The summed E-state index contributed by atoms with van der Waals surface area (Å²) >= 11 is 5.90. The van der Waals surface area contributed by atoms with Gasteiger partial charge in [0.1, 0.15) is 11.5 Å². The van der Waals surface area contributed by atoms with E-state index in [9.17, 15) is 4.79 Å². The van der Waals surface area contributed by atoms with Crippen molar-refractivity contribution in [1.29, 1.82) is 0 Å². The monoisotopic (exact) mass is 320 g/mol. The summed E-state index contributed by atoms with van der Waals surface area (Å²) in [4.78, 5) is 12.0. The Hall–Kier alpha value is -2.40. The van der Waals surface area contributed by atoms with Crippen molar-refractivity contribution in [3.8, 4) is 11.5 Å². The van der Waals surface area contributed by atoms with Crippen molar-refractivity contribution >= 4 is 23.3 Å². The summed E-state index contributed by atoms with van der Waals surface area (Å²) < 4.78 is 10.3. The number of urea groups is 1. The summed E-state index contributed by atoms with van der Waals surface area (Å²) in [5, 5.41) is 6.13. The number of ether oxygens (including phenoxy) is 2. The standard InChI is InChI=1S/C16H17ClN2O3/c1-21-13-6-7-14(15(9-13)22-2)19-16(20)18-10-11-4-3-5-12(17)8-11/h3-9H,10H2,1-2H3,(H2,18,19,20). The fraction of sp³-hybridized carbons (Fsp3) is 0.188. The number of carbonyl (C=O) groups excluding carboxylic acids is 1. The van der Waals surface area contributed by atoms with Gasteiger partial charge in [-0.2, -0.15) is 0 Å². The van der Waals surface area contributed by atoms with Crippen LogP contribution in [0.25, 0.3) is 0 Å². The molecule has 0 saturated heterocycles. The molecule has 2 N–H and O–H groups in total. The van der Waals surface area contributed by atoms with Gasteiger partial charge in [-0.15, -0.1) is 0 Å². The Labute approximate surface area is 134 Å². The lowest BCUT2D eigenvalue weighted by molar-refractivity contribution is 0.251. The number of carbonyl (C=O) groups is 1. The molecule has 0 atom stereocenters. The summed E-state index contributed by atoms with van der Waals surface area (Å²) in [6.07, 6.45) is 0. The van der Waals surface area contributed by atoms with Gasteiger partial charge in [0.05, 0.1) is 19.9 Å². The van der Waals surface area contributed by atoms with Gasteiger partial charge >= 0.3 is 6.03 Å². The molecule has 0 heterocycles. The van der Waals surface area contributed by atoms with Crippen LogP contribution in [0.5, 0.6) is 11.5 Å². The number of nitrogens with one attached hydrogen (secondary N) is 2. The van der Waals surface area contributed by atoms with E-state index in [2.05, 4.69) is 10.6 Å². The highest BCUT2D eigenvalue weighted by molar-refractivity contribution is 6.30. The third-order valence-corrected chi connectivity index (χ3v) is 3.23. The van der Waals surface area contributed by atoms with Gasteiger partial charge in [-0.25, -0.2) is 4.79 Å². The number of hydrogen-bond acceptors (Lipinski definition) is 3.